The molecule has 1 aromatic carbocycles. The Morgan fingerprint density at radius 2 is 2.11 bits per heavy atom. The monoisotopic (exact) mass is 244 g/mol. The number of rotatable bonds is 3. The Labute approximate surface area is 103 Å². The molecule has 1 aromatic heterocycles. The van der Waals surface area contributed by atoms with Gasteiger partial charge in [-0.15, -0.1) is 10.2 Å². The number of nitrogens with one attached hydrogen (secondary N) is 1. The molecule has 6 heteroatoms. The fraction of sp³-hybridized carbons (Fsp3) is 0.0833. The molecule has 90 valence electrons. The number of aromatic nitrogens is 2. The second-order valence-electron chi connectivity index (χ2n) is 3.39. The number of anilines is 1. The van der Waals surface area contributed by atoms with Crippen LogP contribution in [0.5, 0.6) is 5.75 Å². The summed E-state index contributed by atoms with van der Waals surface area (Å²) in [7, 11) is 1.40. The van der Waals surface area contributed by atoms with Crippen molar-refractivity contribution >= 4 is 5.82 Å². The number of nitriles is 1. The summed E-state index contributed by atoms with van der Waals surface area (Å²) in [5.41, 5.74) is 1.10. The molecular formula is C12H9FN4O. The molecule has 5 nitrogen and oxygen atoms in total. The first-order valence-electron chi connectivity index (χ1n) is 5.07. The minimum atomic E-state index is -0.462. The zero-order valence-electron chi connectivity index (χ0n) is 9.51. The van der Waals surface area contributed by atoms with Crippen LogP contribution in [-0.4, -0.2) is 17.3 Å². The van der Waals surface area contributed by atoms with Gasteiger partial charge >= 0.3 is 0 Å². The van der Waals surface area contributed by atoms with E-state index in [4.69, 9.17) is 10.00 Å². The Kier molecular flexibility index (Phi) is 3.34. The molecular weight excluding hydrogens is 235 g/mol. The average molecular weight is 244 g/mol. The van der Waals surface area contributed by atoms with Crippen molar-refractivity contribution < 1.29 is 9.13 Å². The van der Waals surface area contributed by atoms with E-state index < -0.39 is 5.82 Å². The van der Waals surface area contributed by atoms with Crippen molar-refractivity contribution in [1.29, 1.82) is 5.26 Å². The fourth-order valence-corrected chi connectivity index (χ4v) is 1.44. The number of nitrogens with zero attached hydrogens (tertiary/aromatic N) is 3. The van der Waals surface area contributed by atoms with Crippen molar-refractivity contribution in [2.75, 3.05) is 12.4 Å². The van der Waals surface area contributed by atoms with E-state index in [1.165, 1.54) is 19.2 Å². The van der Waals surface area contributed by atoms with Gasteiger partial charge in [0.1, 0.15) is 0 Å². The highest BCUT2D eigenvalue weighted by molar-refractivity contribution is 5.61. The van der Waals surface area contributed by atoms with Crippen LogP contribution in [0.4, 0.5) is 10.2 Å². The predicted octanol–water partition coefficient (Wildman–Crippen LogP) is 2.18. The lowest BCUT2D eigenvalue weighted by molar-refractivity contribution is 0.386. The number of halogens is 1. The molecule has 18 heavy (non-hydrogen) atoms. The van der Waals surface area contributed by atoms with Crippen molar-refractivity contribution in [2.24, 2.45) is 0 Å². The fourth-order valence-electron chi connectivity index (χ4n) is 1.44. The standard InChI is InChI=1S/C12H9FN4O/c1-18-11-4-2-8(6-9(11)13)10-3-5-12(15-7-14)17-16-10/h2-6H,1H3,(H,15,17). The molecule has 1 heterocycles. The lowest BCUT2D eigenvalue weighted by Crippen LogP contribution is -1.95. The largest absolute Gasteiger partial charge is 0.494 e. The number of benzene rings is 1. The van der Waals surface area contributed by atoms with E-state index in [1.807, 2.05) is 0 Å². The molecule has 0 amide bonds. The summed E-state index contributed by atoms with van der Waals surface area (Å²) in [4.78, 5) is 0. The van der Waals surface area contributed by atoms with Crippen molar-refractivity contribution in [2.45, 2.75) is 0 Å². The van der Waals surface area contributed by atoms with E-state index in [0.717, 1.165) is 0 Å². The molecule has 0 saturated carbocycles. The first-order chi connectivity index (χ1) is 8.74. The molecule has 0 spiro atoms. The summed E-state index contributed by atoms with van der Waals surface area (Å²) in [6.07, 6.45) is 1.74. The Hall–Kier alpha value is -2.68. The molecule has 0 aliphatic heterocycles. The van der Waals surface area contributed by atoms with E-state index >= 15 is 0 Å². The average Bonchev–Trinajstić information content (AvgIpc) is 2.40. The van der Waals surface area contributed by atoms with E-state index in [-0.39, 0.29) is 5.75 Å². The molecule has 0 unspecified atom stereocenters. The highest BCUT2D eigenvalue weighted by atomic mass is 19.1. The summed E-state index contributed by atoms with van der Waals surface area (Å²) >= 11 is 0. The Morgan fingerprint density at radius 1 is 1.28 bits per heavy atom. The highest BCUT2D eigenvalue weighted by Crippen LogP contribution is 2.24. The maximum atomic E-state index is 13.5. The first kappa shape index (κ1) is 11.8. The van der Waals surface area contributed by atoms with Gasteiger partial charge in [0.15, 0.2) is 23.6 Å². The normalized spacial score (nSPS) is 9.61. The van der Waals surface area contributed by atoms with Gasteiger partial charge in [0.25, 0.3) is 0 Å². The van der Waals surface area contributed by atoms with Crippen molar-refractivity contribution in [1.82, 2.24) is 10.2 Å². The minimum absolute atomic E-state index is 0.175. The minimum Gasteiger partial charge on any atom is -0.494 e. The third-order valence-corrected chi connectivity index (χ3v) is 2.30. The lowest BCUT2D eigenvalue weighted by Gasteiger charge is -2.04. The molecule has 0 atom stereocenters. The van der Waals surface area contributed by atoms with Crippen LogP contribution in [0.1, 0.15) is 0 Å². The van der Waals surface area contributed by atoms with Crippen molar-refractivity contribution in [3.8, 4) is 23.2 Å². The molecule has 0 radical (unpaired) electrons. The van der Waals surface area contributed by atoms with E-state index in [9.17, 15) is 4.39 Å². The lowest BCUT2D eigenvalue weighted by atomic mass is 10.1. The summed E-state index contributed by atoms with van der Waals surface area (Å²) in [5, 5.41) is 18.4. The van der Waals surface area contributed by atoms with Gasteiger partial charge in [0.05, 0.1) is 12.8 Å². The zero-order valence-corrected chi connectivity index (χ0v) is 9.51. The van der Waals surface area contributed by atoms with Crippen molar-refractivity contribution in [3.05, 3.63) is 36.1 Å². The van der Waals surface area contributed by atoms with Crippen LogP contribution in [0.25, 0.3) is 11.3 Å². The third kappa shape index (κ3) is 2.35. The second-order valence-corrected chi connectivity index (χ2v) is 3.39. The topological polar surface area (TPSA) is 70.8 Å². The maximum absolute atomic E-state index is 13.5. The Balaban J connectivity index is 2.31. The van der Waals surface area contributed by atoms with Gasteiger partial charge in [-0.1, -0.05) is 0 Å². The number of hydrogen-bond acceptors (Lipinski definition) is 5. The van der Waals surface area contributed by atoms with Gasteiger partial charge < -0.3 is 4.74 Å². The molecule has 0 fully saturated rings. The smallest absolute Gasteiger partial charge is 0.182 e. The van der Waals surface area contributed by atoms with Crippen LogP contribution in [0.15, 0.2) is 30.3 Å². The SMILES string of the molecule is COc1ccc(-c2ccc(NC#N)nn2)cc1F. The molecule has 2 rings (SSSR count). The quantitative estimate of drug-likeness (QED) is 0.662. The van der Waals surface area contributed by atoms with Crippen LogP contribution in [0, 0.1) is 17.3 Å². The van der Waals surface area contributed by atoms with Gasteiger partial charge in [-0.05, 0) is 30.3 Å². The van der Waals surface area contributed by atoms with E-state index in [0.29, 0.717) is 17.1 Å². The first-order valence-corrected chi connectivity index (χ1v) is 5.07. The molecule has 1 N–H and O–H groups in total. The summed E-state index contributed by atoms with van der Waals surface area (Å²) in [6.45, 7) is 0. The Bertz CT molecular complexity index is 592. The molecule has 0 bridgehead atoms. The number of methoxy groups -OCH3 is 1. The molecule has 2 aromatic rings. The number of ether oxygens (including phenoxy) is 1. The maximum Gasteiger partial charge on any atom is 0.182 e. The molecule has 0 saturated heterocycles. The number of hydrogen-bond donors (Lipinski definition) is 1. The Morgan fingerprint density at radius 3 is 2.67 bits per heavy atom. The molecule has 0 aliphatic carbocycles. The zero-order chi connectivity index (χ0) is 13.0. The summed E-state index contributed by atoms with van der Waals surface area (Å²) < 4.78 is 18.3. The highest BCUT2D eigenvalue weighted by Gasteiger charge is 2.06. The summed E-state index contributed by atoms with van der Waals surface area (Å²) in [5.74, 6) is 0.0562. The summed E-state index contributed by atoms with van der Waals surface area (Å²) in [6, 6.07) is 7.76. The van der Waals surface area contributed by atoms with Crippen LogP contribution in [0.3, 0.4) is 0 Å². The van der Waals surface area contributed by atoms with Gasteiger partial charge in [-0.2, -0.15) is 5.26 Å². The van der Waals surface area contributed by atoms with Crippen LogP contribution < -0.4 is 10.1 Å². The van der Waals surface area contributed by atoms with Gasteiger partial charge in [0, 0.05) is 5.56 Å². The van der Waals surface area contributed by atoms with Crippen LogP contribution in [-0.2, 0) is 0 Å². The van der Waals surface area contributed by atoms with E-state index in [1.54, 1.807) is 24.4 Å². The van der Waals surface area contributed by atoms with Gasteiger partial charge in [-0.25, -0.2) is 4.39 Å². The second kappa shape index (κ2) is 5.10. The van der Waals surface area contributed by atoms with Gasteiger partial charge in [0.2, 0.25) is 0 Å². The molecule has 0 aliphatic rings. The van der Waals surface area contributed by atoms with Gasteiger partial charge in [-0.3, -0.25) is 5.32 Å². The van der Waals surface area contributed by atoms with Crippen LogP contribution >= 0.6 is 0 Å². The van der Waals surface area contributed by atoms with Crippen LogP contribution in [0.2, 0.25) is 0 Å². The van der Waals surface area contributed by atoms with Crippen molar-refractivity contribution in [3.63, 3.8) is 0 Å². The third-order valence-electron chi connectivity index (χ3n) is 2.30. The predicted molar refractivity (Wildman–Crippen MR) is 63.2 cm³/mol. The van der Waals surface area contributed by atoms with E-state index in [2.05, 4.69) is 15.5 Å².